The first kappa shape index (κ1) is 6.94. The molecule has 2 aliphatic rings. The van der Waals surface area contributed by atoms with Gasteiger partial charge in [-0.2, -0.15) is 0 Å². The number of rotatable bonds is 1. The van der Waals surface area contributed by atoms with E-state index in [1.54, 1.807) is 0 Å². The van der Waals surface area contributed by atoms with E-state index in [0.717, 1.165) is 31.9 Å². The van der Waals surface area contributed by atoms with Gasteiger partial charge in [-0.25, -0.2) is 0 Å². The van der Waals surface area contributed by atoms with Crippen molar-refractivity contribution in [3.8, 4) is 0 Å². The highest BCUT2D eigenvalue weighted by molar-refractivity contribution is 5.26. The molecule has 0 aromatic heterocycles. The normalized spacial score (nSPS) is 31.0. The summed E-state index contributed by atoms with van der Waals surface area (Å²) in [7, 11) is 0. The molecule has 0 spiro atoms. The van der Waals surface area contributed by atoms with Crippen LogP contribution in [0.25, 0.3) is 0 Å². The third-order valence-electron chi connectivity index (χ3n) is 2.32. The van der Waals surface area contributed by atoms with Crippen molar-refractivity contribution in [2.45, 2.75) is 12.5 Å². The summed E-state index contributed by atoms with van der Waals surface area (Å²) in [6.45, 7) is 2.92. The fraction of sp³-hybridized carbons (Fsp3) is 0.714. The zero-order valence-corrected chi connectivity index (χ0v) is 6.38. The second-order valence-corrected chi connectivity index (χ2v) is 3.04. The topological polar surface area (TPSA) is 61.5 Å². The molecule has 4 N–H and O–H groups in total. The van der Waals surface area contributed by atoms with E-state index < -0.39 is 0 Å². The van der Waals surface area contributed by atoms with Crippen LogP contribution in [0.2, 0.25) is 0 Å². The van der Waals surface area contributed by atoms with Crippen LogP contribution in [0.15, 0.2) is 11.4 Å². The Morgan fingerprint density at radius 1 is 1.64 bits per heavy atom. The lowest BCUT2D eigenvalue weighted by atomic mass is 9.97. The molecule has 2 rings (SSSR count). The van der Waals surface area contributed by atoms with E-state index in [2.05, 4.69) is 10.2 Å². The molecule has 1 heterocycles. The average Bonchev–Trinajstić information content (AvgIpc) is 2.51. The van der Waals surface area contributed by atoms with Crippen LogP contribution in [0, 0.1) is 0 Å². The summed E-state index contributed by atoms with van der Waals surface area (Å²) >= 11 is 0. The van der Waals surface area contributed by atoms with Crippen LogP contribution in [0.4, 0.5) is 0 Å². The largest absolute Gasteiger partial charge is 0.398 e. The number of hydrogen-bond acceptors (Lipinski definition) is 4. The summed E-state index contributed by atoms with van der Waals surface area (Å²) in [4.78, 5) is 2.18. The number of aliphatic hydroxyl groups is 1. The van der Waals surface area contributed by atoms with E-state index in [-0.39, 0.29) is 6.10 Å². The minimum Gasteiger partial charge on any atom is -0.398 e. The molecule has 0 aromatic rings. The monoisotopic (exact) mass is 155 g/mol. The second kappa shape index (κ2) is 2.39. The first-order valence-electron chi connectivity index (χ1n) is 3.91. The van der Waals surface area contributed by atoms with E-state index in [1.165, 1.54) is 0 Å². The standard InChI is InChI=1S/C7H13N3O/c8-7-5(3-6(7)11)10-2-1-9-4-10/h6,9,11H,1-4,8H2. The van der Waals surface area contributed by atoms with Crippen LogP contribution < -0.4 is 11.1 Å². The molecular formula is C7H13N3O. The molecule has 1 aliphatic heterocycles. The Morgan fingerprint density at radius 3 is 2.91 bits per heavy atom. The average molecular weight is 155 g/mol. The van der Waals surface area contributed by atoms with Crippen molar-refractivity contribution in [2.75, 3.05) is 19.8 Å². The number of nitrogens with one attached hydrogen (secondary N) is 1. The van der Waals surface area contributed by atoms with Crippen LogP contribution in [-0.2, 0) is 0 Å². The lowest BCUT2D eigenvalue weighted by Crippen LogP contribution is -2.38. The lowest BCUT2D eigenvalue weighted by molar-refractivity contribution is 0.159. The Balaban J connectivity index is 2.06. The van der Waals surface area contributed by atoms with Gasteiger partial charge in [-0.3, -0.25) is 5.32 Å². The number of nitrogens with two attached hydrogens (primary N) is 1. The Labute approximate surface area is 65.7 Å². The molecule has 1 fully saturated rings. The number of aliphatic hydroxyl groups excluding tert-OH is 1. The Morgan fingerprint density at radius 2 is 2.45 bits per heavy atom. The van der Waals surface area contributed by atoms with Crippen LogP contribution in [0.3, 0.4) is 0 Å². The third-order valence-corrected chi connectivity index (χ3v) is 2.32. The summed E-state index contributed by atoms with van der Waals surface area (Å²) in [5.74, 6) is 0. The fourth-order valence-electron chi connectivity index (χ4n) is 1.52. The molecule has 1 unspecified atom stereocenters. The molecule has 0 amide bonds. The summed E-state index contributed by atoms with van der Waals surface area (Å²) in [5.41, 5.74) is 7.39. The van der Waals surface area contributed by atoms with E-state index in [9.17, 15) is 0 Å². The smallest absolute Gasteiger partial charge is 0.100 e. The maximum Gasteiger partial charge on any atom is 0.100 e. The van der Waals surface area contributed by atoms with Crippen molar-refractivity contribution in [3.63, 3.8) is 0 Å². The zero-order chi connectivity index (χ0) is 7.84. The molecule has 1 atom stereocenters. The lowest BCUT2D eigenvalue weighted by Gasteiger charge is -2.33. The SMILES string of the molecule is NC1=C(N2CCNC2)CC1O. The second-order valence-electron chi connectivity index (χ2n) is 3.04. The quantitative estimate of drug-likeness (QED) is 0.444. The van der Waals surface area contributed by atoms with Crippen molar-refractivity contribution < 1.29 is 5.11 Å². The maximum atomic E-state index is 9.12. The van der Waals surface area contributed by atoms with Gasteiger partial charge in [0.15, 0.2) is 0 Å². The summed E-state index contributed by atoms with van der Waals surface area (Å²) in [6.07, 6.45) is 0.346. The molecule has 1 saturated heterocycles. The first-order chi connectivity index (χ1) is 5.29. The van der Waals surface area contributed by atoms with E-state index in [0.29, 0.717) is 5.70 Å². The molecule has 0 radical (unpaired) electrons. The van der Waals surface area contributed by atoms with Crippen molar-refractivity contribution in [2.24, 2.45) is 5.73 Å². The Kier molecular flexibility index (Phi) is 1.51. The van der Waals surface area contributed by atoms with E-state index in [1.807, 2.05) is 0 Å². The summed E-state index contributed by atoms with van der Waals surface area (Å²) in [6, 6.07) is 0. The van der Waals surface area contributed by atoms with Crippen molar-refractivity contribution in [1.29, 1.82) is 0 Å². The van der Waals surface area contributed by atoms with Gasteiger partial charge in [0.1, 0.15) is 6.10 Å². The molecule has 11 heavy (non-hydrogen) atoms. The van der Waals surface area contributed by atoms with Gasteiger partial charge in [-0.05, 0) is 0 Å². The van der Waals surface area contributed by atoms with Gasteiger partial charge in [0, 0.05) is 25.2 Å². The van der Waals surface area contributed by atoms with Crippen LogP contribution in [-0.4, -0.2) is 35.9 Å². The zero-order valence-electron chi connectivity index (χ0n) is 6.38. The highest BCUT2D eigenvalue weighted by Gasteiger charge is 2.30. The van der Waals surface area contributed by atoms with Crippen LogP contribution in [0.5, 0.6) is 0 Å². The molecule has 62 valence electrons. The number of nitrogens with zero attached hydrogens (tertiary/aromatic N) is 1. The van der Waals surface area contributed by atoms with E-state index >= 15 is 0 Å². The Hall–Kier alpha value is -0.740. The summed E-state index contributed by atoms with van der Waals surface area (Å²) < 4.78 is 0. The van der Waals surface area contributed by atoms with Gasteiger partial charge in [0.25, 0.3) is 0 Å². The fourth-order valence-corrected chi connectivity index (χ4v) is 1.52. The molecule has 4 heteroatoms. The third kappa shape index (κ3) is 0.985. The molecular weight excluding hydrogens is 142 g/mol. The first-order valence-corrected chi connectivity index (χ1v) is 3.91. The van der Waals surface area contributed by atoms with Crippen LogP contribution in [0.1, 0.15) is 6.42 Å². The molecule has 0 aromatic carbocycles. The van der Waals surface area contributed by atoms with Gasteiger partial charge in [0.2, 0.25) is 0 Å². The van der Waals surface area contributed by atoms with Gasteiger partial charge in [0.05, 0.1) is 12.4 Å². The van der Waals surface area contributed by atoms with Crippen LogP contribution >= 0.6 is 0 Å². The molecule has 4 nitrogen and oxygen atoms in total. The molecule has 1 aliphatic carbocycles. The molecule has 0 bridgehead atoms. The van der Waals surface area contributed by atoms with Crippen molar-refractivity contribution in [1.82, 2.24) is 10.2 Å². The number of hydrogen-bond donors (Lipinski definition) is 3. The maximum absolute atomic E-state index is 9.12. The predicted molar refractivity (Wildman–Crippen MR) is 41.4 cm³/mol. The Bertz CT molecular complexity index is 196. The van der Waals surface area contributed by atoms with Gasteiger partial charge < -0.3 is 15.7 Å². The minimum absolute atomic E-state index is 0.384. The molecule has 0 saturated carbocycles. The highest BCUT2D eigenvalue weighted by Crippen LogP contribution is 2.27. The van der Waals surface area contributed by atoms with Gasteiger partial charge >= 0.3 is 0 Å². The van der Waals surface area contributed by atoms with Crippen molar-refractivity contribution in [3.05, 3.63) is 11.4 Å². The minimum atomic E-state index is -0.384. The predicted octanol–water partition coefficient (Wildman–Crippen LogP) is -1.22. The summed E-state index contributed by atoms with van der Waals surface area (Å²) in [5, 5.41) is 12.3. The van der Waals surface area contributed by atoms with Crippen molar-refractivity contribution >= 4 is 0 Å². The van der Waals surface area contributed by atoms with E-state index in [4.69, 9.17) is 10.8 Å². The van der Waals surface area contributed by atoms with Gasteiger partial charge in [-0.15, -0.1) is 0 Å². The highest BCUT2D eigenvalue weighted by atomic mass is 16.3. The van der Waals surface area contributed by atoms with Gasteiger partial charge in [-0.1, -0.05) is 0 Å².